The molecule has 0 bridgehead atoms. The molecule has 29 heavy (non-hydrogen) atoms. The van der Waals surface area contributed by atoms with Crippen molar-refractivity contribution in [1.29, 1.82) is 0 Å². The molecule has 3 aromatic rings. The van der Waals surface area contributed by atoms with Crippen LogP contribution in [0.5, 0.6) is 0 Å². The average molecular weight is 446 g/mol. The summed E-state index contributed by atoms with van der Waals surface area (Å²) in [5.41, 5.74) is 0.163. The first-order valence-corrected chi connectivity index (χ1v) is 9.26. The van der Waals surface area contributed by atoms with Gasteiger partial charge in [0.15, 0.2) is 11.5 Å². The molecule has 0 radical (unpaired) electrons. The van der Waals surface area contributed by atoms with E-state index in [-0.39, 0.29) is 18.9 Å². The first-order valence-electron chi connectivity index (χ1n) is 8.51. The Hall–Kier alpha value is -2.52. The van der Waals surface area contributed by atoms with Gasteiger partial charge in [-0.25, -0.2) is 0 Å². The van der Waals surface area contributed by atoms with Gasteiger partial charge in [-0.2, -0.15) is 23.4 Å². The monoisotopic (exact) mass is 445 g/mol. The minimum atomic E-state index is -4.52. The summed E-state index contributed by atoms with van der Waals surface area (Å²) in [6.45, 7) is 1.91. The molecule has 0 unspecified atom stereocenters. The lowest BCUT2D eigenvalue weighted by atomic mass is 10.2. The molecule has 0 aliphatic carbocycles. The number of carbonyl (C=O) groups excluding carboxylic acids is 1. The van der Waals surface area contributed by atoms with Crippen molar-refractivity contribution in [1.82, 2.24) is 19.6 Å². The minimum Gasteiger partial charge on any atom is -0.309 e. The maximum absolute atomic E-state index is 12.7. The topological polar surface area (TPSA) is 64.7 Å². The zero-order valence-corrected chi connectivity index (χ0v) is 16.7. The Bertz CT molecular complexity index is 1030. The van der Waals surface area contributed by atoms with E-state index in [9.17, 15) is 18.0 Å². The van der Waals surface area contributed by atoms with Crippen molar-refractivity contribution in [2.45, 2.75) is 32.6 Å². The summed E-state index contributed by atoms with van der Waals surface area (Å²) >= 11 is 12.0. The van der Waals surface area contributed by atoms with Gasteiger partial charge in [-0.05, 0) is 30.7 Å². The molecule has 0 saturated heterocycles. The van der Waals surface area contributed by atoms with Crippen molar-refractivity contribution >= 4 is 34.9 Å². The molecule has 3 rings (SSSR count). The number of carbonyl (C=O) groups is 1. The quantitative estimate of drug-likeness (QED) is 0.592. The fourth-order valence-electron chi connectivity index (χ4n) is 2.63. The third-order valence-corrected chi connectivity index (χ3v) is 4.66. The SMILES string of the molecule is Cc1cc(C(F)(F)F)nn1CCC(=O)Nc1ccn(Cc2ccc(Cl)cc2Cl)n1. The van der Waals surface area contributed by atoms with Crippen LogP contribution in [0.15, 0.2) is 36.5 Å². The van der Waals surface area contributed by atoms with Gasteiger partial charge in [0.05, 0.1) is 6.54 Å². The number of amides is 1. The molecule has 11 heteroatoms. The van der Waals surface area contributed by atoms with Crippen LogP contribution in [0.3, 0.4) is 0 Å². The van der Waals surface area contributed by atoms with Gasteiger partial charge in [0, 0.05) is 41.0 Å². The van der Waals surface area contributed by atoms with Crippen LogP contribution in [0.25, 0.3) is 0 Å². The molecule has 0 atom stereocenters. The second-order valence-corrected chi connectivity index (χ2v) is 7.17. The first kappa shape index (κ1) is 21.2. The molecule has 1 aromatic carbocycles. The van der Waals surface area contributed by atoms with Crippen molar-refractivity contribution in [3.05, 3.63) is 63.5 Å². The highest BCUT2D eigenvalue weighted by atomic mass is 35.5. The number of rotatable bonds is 6. The standard InChI is InChI=1S/C18H16Cl2F3N5O/c1-11-8-15(18(21,22)23)25-28(11)7-5-17(29)24-16-4-6-27(26-16)10-12-2-3-13(19)9-14(12)20/h2-4,6,8-9H,5,7,10H2,1H3,(H,24,26,29). The van der Waals surface area contributed by atoms with Gasteiger partial charge >= 0.3 is 6.18 Å². The number of nitrogens with one attached hydrogen (secondary N) is 1. The lowest BCUT2D eigenvalue weighted by molar-refractivity contribution is -0.141. The Morgan fingerprint density at radius 1 is 1.17 bits per heavy atom. The van der Waals surface area contributed by atoms with E-state index in [1.54, 1.807) is 35.1 Å². The number of hydrogen-bond donors (Lipinski definition) is 1. The smallest absolute Gasteiger partial charge is 0.309 e. The summed E-state index contributed by atoms with van der Waals surface area (Å²) < 4.78 is 40.8. The van der Waals surface area contributed by atoms with E-state index in [0.717, 1.165) is 16.3 Å². The molecular weight excluding hydrogens is 430 g/mol. The largest absolute Gasteiger partial charge is 0.435 e. The van der Waals surface area contributed by atoms with Crippen LogP contribution in [0.1, 0.15) is 23.4 Å². The lowest BCUT2D eigenvalue weighted by Crippen LogP contribution is -2.16. The average Bonchev–Trinajstić information content (AvgIpc) is 3.22. The second-order valence-electron chi connectivity index (χ2n) is 6.32. The molecule has 2 heterocycles. The van der Waals surface area contributed by atoms with Gasteiger partial charge in [-0.15, -0.1) is 0 Å². The van der Waals surface area contributed by atoms with Gasteiger partial charge in [-0.3, -0.25) is 14.2 Å². The molecule has 0 spiro atoms. The summed E-state index contributed by atoms with van der Waals surface area (Å²) in [6.07, 6.45) is -2.89. The predicted molar refractivity (Wildman–Crippen MR) is 103 cm³/mol. The van der Waals surface area contributed by atoms with Gasteiger partial charge in [0.1, 0.15) is 0 Å². The molecular formula is C18H16Cl2F3N5O. The van der Waals surface area contributed by atoms with Crippen LogP contribution < -0.4 is 5.32 Å². The van der Waals surface area contributed by atoms with Gasteiger partial charge < -0.3 is 5.32 Å². The van der Waals surface area contributed by atoms with Crippen molar-refractivity contribution in [3.63, 3.8) is 0 Å². The summed E-state index contributed by atoms with van der Waals surface area (Å²) in [4.78, 5) is 12.1. The summed E-state index contributed by atoms with van der Waals surface area (Å²) in [5, 5.41) is 11.4. The van der Waals surface area contributed by atoms with Gasteiger partial charge in [-0.1, -0.05) is 29.3 Å². The van der Waals surface area contributed by atoms with Crippen LogP contribution in [0.2, 0.25) is 10.0 Å². The van der Waals surface area contributed by atoms with Crippen LogP contribution >= 0.6 is 23.2 Å². The molecule has 0 aliphatic rings. The summed E-state index contributed by atoms with van der Waals surface area (Å²) in [6, 6.07) is 7.69. The molecule has 0 saturated carbocycles. The van der Waals surface area contributed by atoms with E-state index < -0.39 is 11.9 Å². The van der Waals surface area contributed by atoms with Crippen LogP contribution in [-0.4, -0.2) is 25.5 Å². The molecule has 2 aromatic heterocycles. The zero-order chi connectivity index (χ0) is 21.2. The van der Waals surface area contributed by atoms with Crippen molar-refractivity contribution < 1.29 is 18.0 Å². The highest BCUT2D eigenvalue weighted by Crippen LogP contribution is 2.28. The van der Waals surface area contributed by atoms with Crippen molar-refractivity contribution in [2.24, 2.45) is 0 Å². The number of hydrogen-bond acceptors (Lipinski definition) is 3. The number of benzene rings is 1. The second kappa shape index (κ2) is 8.46. The van der Waals surface area contributed by atoms with E-state index in [4.69, 9.17) is 23.2 Å². The lowest BCUT2D eigenvalue weighted by Gasteiger charge is -2.06. The maximum atomic E-state index is 12.7. The van der Waals surface area contributed by atoms with Crippen molar-refractivity contribution in [2.75, 3.05) is 5.32 Å². The Kier molecular flexibility index (Phi) is 6.18. The van der Waals surface area contributed by atoms with Gasteiger partial charge in [0.25, 0.3) is 0 Å². The number of halogens is 5. The zero-order valence-electron chi connectivity index (χ0n) is 15.2. The first-order chi connectivity index (χ1) is 13.6. The Morgan fingerprint density at radius 2 is 1.93 bits per heavy atom. The number of aryl methyl sites for hydroxylation is 2. The van der Waals surface area contributed by atoms with E-state index in [0.29, 0.717) is 28.1 Å². The Labute approximate surface area is 174 Å². The number of alkyl halides is 3. The van der Waals surface area contributed by atoms with E-state index in [1.165, 1.54) is 6.92 Å². The molecule has 1 amide bonds. The molecule has 0 aliphatic heterocycles. The highest BCUT2D eigenvalue weighted by Gasteiger charge is 2.34. The third kappa shape index (κ3) is 5.51. The van der Waals surface area contributed by atoms with Crippen LogP contribution in [0, 0.1) is 6.92 Å². The van der Waals surface area contributed by atoms with E-state index in [1.807, 2.05) is 0 Å². The molecule has 0 fully saturated rings. The Balaban J connectivity index is 1.56. The third-order valence-electron chi connectivity index (χ3n) is 4.08. The molecule has 6 nitrogen and oxygen atoms in total. The van der Waals surface area contributed by atoms with Gasteiger partial charge in [0.2, 0.25) is 5.91 Å². The Morgan fingerprint density at radius 3 is 2.59 bits per heavy atom. The number of nitrogens with zero attached hydrogens (tertiary/aromatic N) is 4. The fraction of sp³-hybridized carbons (Fsp3) is 0.278. The summed E-state index contributed by atoms with van der Waals surface area (Å²) in [5.74, 6) is -0.0588. The molecule has 154 valence electrons. The maximum Gasteiger partial charge on any atom is 0.435 e. The van der Waals surface area contributed by atoms with Crippen LogP contribution in [-0.2, 0) is 24.1 Å². The van der Waals surface area contributed by atoms with E-state index in [2.05, 4.69) is 15.5 Å². The van der Waals surface area contributed by atoms with E-state index >= 15 is 0 Å². The minimum absolute atomic E-state index is 0.0227. The fourth-order valence-corrected chi connectivity index (χ4v) is 3.10. The van der Waals surface area contributed by atoms with Crippen molar-refractivity contribution in [3.8, 4) is 0 Å². The predicted octanol–water partition coefficient (Wildman–Crippen LogP) is 4.79. The highest BCUT2D eigenvalue weighted by molar-refractivity contribution is 6.35. The number of aromatic nitrogens is 4. The number of anilines is 1. The summed E-state index contributed by atoms with van der Waals surface area (Å²) in [7, 11) is 0. The normalized spacial score (nSPS) is 11.7. The van der Waals surface area contributed by atoms with Crippen LogP contribution in [0.4, 0.5) is 19.0 Å². The molecule has 1 N–H and O–H groups in total.